The quantitative estimate of drug-likeness (QED) is 0.404. The molecule has 0 heterocycles. The Morgan fingerprint density at radius 1 is 1.47 bits per heavy atom. The number of phenolic OH excluding ortho intramolecular Hbond substituents is 1. The molecule has 0 radical (unpaired) electrons. The van der Waals surface area contributed by atoms with E-state index < -0.39 is 11.8 Å². The van der Waals surface area contributed by atoms with Gasteiger partial charge >= 0.3 is 11.8 Å². The van der Waals surface area contributed by atoms with Crippen LogP contribution in [0, 0.1) is 0 Å². The first-order valence-electron chi connectivity index (χ1n) is 4.54. The molecule has 0 aliphatic carbocycles. The van der Waals surface area contributed by atoms with Crippen LogP contribution in [0.1, 0.15) is 12.5 Å². The number of benzene rings is 1. The highest BCUT2D eigenvalue weighted by Crippen LogP contribution is 2.21. The standard InChI is InChI=1S/C10H10ClN3O3/c1-5(13-14-10(17)9(12)16)7-4-6(11)2-3-8(7)15/h2-4,15H,1H3,(H2,12,16)(H,14,17)/b13-5+. The molecule has 0 unspecified atom stereocenters. The largest absolute Gasteiger partial charge is 0.507 e. The zero-order valence-corrected chi connectivity index (χ0v) is 9.65. The number of hydrogen-bond donors (Lipinski definition) is 3. The molecule has 0 atom stereocenters. The number of hydrogen-bond acceptors (Lipinski definition) is 4. The van der Waals surface area contributed by atoms with E-state index in [-0.39, 0.29) is 5.75 Å². The number of nitrogens with zero attached hydrogens (tertiary/aromatic N) is 1. The number of hydrazone groups is 1. The van der Waals surface area contributed by atoms with Gasteiger partial charge in [-0.05, 0) is 25.1 Å². The summed E-state index contributed by atoms with van der Waals surface area (Å²) in [5.41, 5.74) is 7.31. The predicted molar refractivity (Wildman–Crippen MR) is 62.7 cm³/mol. The van der Waals surface area contributed by atoms with Crippen LogP contribution in [0.3, 0.4) is 0 Å². The molecule has 0 saturated carbocycles. The summed E-state index contributed by atoms with van der Waals surface area (Å²) in [4.78, 5) is 21.3. The van der Waals surface area contributed by atoms with E-state index in [1.54, 1.807) is 0 Å². The molecule has 0 aromatic heterocycles. The van der Waals surface area contributed by atoms with E-state index >= 15 is 0 Å². The Morgan fingerprint density at radius 2 is 2.12 bits per heavy atom. The average molecular weight is 256 g/mol. The van der Waals surface area contributed by atoms with E-state index in [2.05, 4.69) is 5.10 Å². The van der Waals surface area contributed by atoms with Crippen molar-refractivity contribution >= 4 is 29.1 Å². The van der Waals surface area contributed by atoms with Gasteiger partial charge in [-0.15, -0.1) is 0 Å². The van der Waals surface area contributed by atoms with Gasteiger partial charge in [-0.1, -0.05) is 11.6 Å². The van der Waals surface area contributed by atoms with Gasteiger partial charge in [0.1, 0.15) is 5.75 Å². The summed E-state index contributed by atoms with van der Waals surface area (Å²) in [6.07, 6.45) is 0. The van der Waals surface area contributed by atoms with Gasteiger partial charge in [0.15, 0.2) is 0 Å². The molecule has 90 valence electrons. The molecule has 0 fully saturated rings. The number of aromatic hydroxyl groups is 1. The molecule has 6 nitrogen and oxygen atoms in total. The number of amides is 2. The normalized spacial score (nSPS) is 11.1. The number of nitrogens with one attached hydrogen (secondary N) is 1. The first-order chi connectivity index (χ1) is 7.91. The number of phenols is 1. The Bertz CT molecular complexity index is 500. The van der Waals surface area contributed by atoms with E-state index in [4.69, 9.17) is 17.3 Å². The van der Waals surface area contributed by atoms with Crippen molar-refractivity contribution in [2.75, 3.05) is 0 Å². The van der Waals surface area contributed by atoms with Gasteiger partial charge in [0.2, 0.25) is 0 Å². The SMILES string of the molecule is C/C(=N\NC(=O)C(N)=O)c1cc(Cl)ccc1O. The van der Waals surface area contributed by atoms with Crippen molar-refractivity contribution in [3.63, 3.8) is 0 Å². The molecule has 7 heteroatoms. The van der Waals surface area contributed by atoms with Crippen LogP contribution in [0.4, 0.5) is 0 Å². The molecule has 17 heavy (non-hydrogen) atoms. The van der Waals surface area contributed by atoms with Crippen molar-refractivity contribution in [2.24, 2.45) is 10.8 Å². The number of carbonyl (C=O) groups is 2. The van der Waals surface area contributed by atoms with Gasteiger partial charge in [-0.3, -0.25) is 9.59 Å². The molecular formula is C10H10ClN3O3. The lowest BCUT2D eigenvalue weighted by molar-refractivity contribution is -0.137. The Kier molecular flexibility index (Phi) is 4.06. The summed E-state index contributed by atoms with van der Waals surface area (Å²) in [6, 6.07) is 4.38. The Morgan fingerprint density at radius 3 is 2.71 bits per heavy atom. The van der Waals surface area contributed by atoms with Crippen LogP contribution in [-0.4, -0.2) is 22.6 Å². The van der Waals surface area contributed by atoms with Crippen LogP contribution in [0.25, 0.3) is 0 Å². The smallest absolute Gasteiger partial charge is 0.329 e. The number of carbonyl (C=O) groups excluding carboxylic acids is 2. The zero-order valence-electron chi connectivity index (χ0n) is 8.90. The molecule has 0 saturated heterocycles. The van der Waals surface area contributed by atoms with Gasteiger partial charge < -0.3 is 10.8 Å². The minimum atomic E-state index is -1.14. The molecule has 4 N–H and O–H groups in total. The first-order valence-corrected chi connectivity index (χ1v) is 4.92. The lowest BCUT2D eigenvalue weighted by Crippen LogP contribution is -2.33. The van der Waals surface area contributed by atoms with E-state index in [0.29, 0.717) is 16.3 Å². The first kappa shape index (κ1) is 13.0. The fourth-order valence-corrected chi connectivity index (χ4v) is 1.22. The monoisotopic (exact) mass is 255 g/mol. The second kappa shape index (κ2) is 5.31. The van der Waals surface area contributed by atoms with E-state index in [0.717, 1.165) is 0 Å². The van der Waals surface area contributed by atoms with Crippen molar-refractivity contribution in [1.29, 1.82) is 0 Å². The lowest BCUT2D eigenvalue weighted by atomic mass is 10.1. The molecule has 0 aliphatic rings. The van der Waals surface area contributed by atoms with E-state index in [9.17, 15) is 14.7 Å². The highest BCUT2D eigenvalue weighted by atomic mass is 35.5. The number of rotatable bonds is 2. The lowest BCUT2D eigenvalue weighted by Gasteiger charge is -2.04. The number of halogens is 1. The molecule has 1 aromatic rings. The molecule has 1 rings (SSSR count). The van der Waals surface area contributed by atoms with Crippen molar-refractivity contribution in [3.8, 4) is 5.75 Å². The molecule has 1 aromatic carbocycles. The van der Waals surface area contributed by atoms with Crippen LogP contribution in [0.5, 0.6) is 5.75 Å². The van der Waals surface area contributed by atoms with Crippen LogP contribution < -0.4 is 11.2 Å². The second-order valence-electron chi connectivity index (χ2n) is 3.16. The van der Waals surface area contributed by atoms with Crippen LogP contribution in [0.2, 0.25) is 5.02 Å². The molecule has 0 spiro atoms. The van der Waals surface area contributed by atoms with Gasteiger partial charge in [0.05, 0.1) is 5.71 Å². The summed E-state index contributed by atoms with van der Waals surface area (Å²) < 4.78 is 0. The van der Waals surface area contributed by atoms with Crippen molar-refractivity contribution in [3.05, 3.63) is 28.8 Å². The second-order valence-corrected chi connectivity index (χ2v) is 3.60. The maximum Gasteiger partial charge on any atom is 0.329 e. The third kappa shape index (κ3) is 3.46. The van der Waals surface area contributed by atoms with Crippen LogP contribution in [-0.2, 0) is 9.59 Å². The van der Waals surface area contributed by atoms with Crippen molar-refractivity contribution in [1.82, 2.24) is 5.43 Å². The fraction of sp³-hybridized carbons (Fsp3) is 0.100. The molecule has 0 bridgehead atoms. The highest BCUT2D eigenvalue weighted by Gasteiger charge is 2.09. The number of primary amides is 1. The Hall–Kier alpha value is -2.08. The maximum absolute atomic E-state index is 10.8. The minimum Gasteiger partial charge on any atom is -0.507 e. The predicted octanol–water partition coefficient (Wildman–Crippen LogP) is 0.371. The third-order valence-electron chi connectivity index (χ3n) is 1.90. The summed E-state index contributed by atoms with van der Waals surface area (Å²) in [6.45, 7) is 1.53. The summed E-state index contributed by atoms with van der Waals surface area (Å²) in [5.74, 6) is -2.22. The van der Waals surface area contributed by atoms with E-state index in [1.165, 1.54) is 25.1 Å². The van der Waals surface area contributed by atoms with E-state index in [1.807, 2.05) is 5.43 Å². The Labute approximate surface area is 102 Å². The van der Waals surface area contributed by atoms with Gasteiger partial charge in [0, 0.05) is 10.6 Å². The Balaban J connectivity index is 2.92. The fourth-order valence-electron chi connectivity index (χ4n) is 1.05. The molecule has 2 amide bonds. The summed E-state index contributed by atoms with van der Waals surface area (Å²) in [5, 5.41) is 13.6. The van der Waals surface area contributed by atoms with Gasteiger partial charge in [-0.2, -0.15) is 5.10 Å². The van der Waals surface area contributed by atoms with Gasteiger partial charge in [0.25, 0.3) is 0 Å². The molecule has 0 aliphatic heterocycles. The highest BCUT2D eigenvalue weighted by molar-refractivity contribution is 6.34. The average Bonchev–Trinajstić information content (AvgIpc) is 2.28. The summed E-state index contributed by atoms with van der Waals surface area (Å²) in [7, 11) is 0. The van der Waals surface area contributed by atoms with Crippen molar-refractivity contribution in [2.45, 2.75) is 6.92 Å². The zero-order chi connectivity index (χ0) is 13.0. The summed E-state index contributed by atoms with van der Waals surface area (Å²) >= 11 is 5.75. The van der Waals surface area contributed by atoms with Gasteiger partial charge in [-0.25, -0.2) is 5.43 Å². The number of nitrogens with two attached hydrogens (primary N) is 1. The van der Waals surface area contributed by atoms with Crippen LogP contribution in [0.15, 0.2) is 23.3 Å². The maximum atomic E-state index is 10.8. The third-order valence-corrected chi connectivity index (χ3v) is 2.13. The topological polar surface area (TPSA) is 105 Å². The molecular weight excluding hydrogens is 246 g/mol. The minimum absolute atomic E-state index is 0.0380. The van der Waals surface area contributed by atoms with Crippen molar-refractivity contribution < 1.29 is 14.7 Å². The van der Waals surface area contributed by atoms with Crippen LogP contribution >= 0.6 is 11.6 Å².